The van der Waals surface area contributed by atoms with Crippen molar-refractivity contribution >= 4 is 17.3 Å². The zero-order valence-corrected chi connectivity index (χ0v) is 13.4. The predicted octanol–water partition coefficient (Wildman–Crippen LogP) is 3.10. The smallest absolute Gasteiger partial charge is 0.224 e. The summed E-state index contributed by atoms with van der Waals surface area (Å²) < 4.78 is 0. The minimum Gasteiger partial charge on any atom is -0.384 e. The number of nitrogens with one attached hydrogen (secondary N) is 2. The first-order valence-corrected chi connectivity index (χ1v) is 7.92. The molecule has 0 bridgehead atoms. The third kappa shape index (κ3) is 4.46. The van der Waals surface area contributed by atoms with Crippen LogP contribution in [0.15, 0.2) is 18.2 Å². The molecule has 4 nitrogen and oxygen atoms in total. The van der Waals surface area contributed by atoms with E-state index in [0.29, 0.717) is 12.3 Å². The van der Waals surface area contributed by atoms with E-state index in [1.807, 2.05) is 19.1 Å². The van der Waals surface area contributed by atoms with Gasteiger partial charge in [-0.05, 0) is 57.0 Å². The van der Waals surface area contributed by atoms with Gasteiger partial charge in [0.1, 0.15) is 0 Å². The summed E-state index contributed by atoms with van der Waals surface area (Å²) in [4.78, 5) is 14.0. The van der Waals surface area contributed by atoms with Gasteiger partial charge in [-0.2, -0.15) is 0 Å². The van der Waals surface area contributed by atoms with Gasteiger partial charge < -0.3 is 15.5 Å². The number of benzene rings is 1. The molecule has 21 heavy (non-hydrogen) atoms. The molecule has 1 aliphatic rings. The van der Waals surface area contributed by atoms with Crippen LogP contribution < -0.4 is 10.6 Å². The Morgan fingerprint density at radius 1 is 1.38 bits per heavy atom. The van der Waals surface area contributed by atoms with Crippen molar-refractivity contribution in [1.29, 1.82) is 0 Å². The zero-order chi connectivity index (χ0) is 15.2. The van der Waals surface area contributed by atoms with E-state index >= 15 is 0 Å². The molecule has 0 spiro atoms. The first kappa shape index (κ1) is 15.8. The molecule has 4 heteroatoms. The highest BCUT2D eigenvalue weighted by Crippen LogP contribution is 2.24. The van der Waals surface area contributed by atoms with Gasteiger partial charge in [0.2, 0.25) is 5.91 Å². The van der Waals surface area contributed by atoms with Crippen molar-refractivity contribution < 1.29 is 4.79 Å². The van der Waals surface area contributed by atoms with Crippen LogP contribution in [0.5, 0.6) is 0 Å². The molecule has 2 rings (SSSR count). The lowest BCUT2D eigenvalue weighted by molar-refractivity contribution is -0.115. The highest BCUT2D eigenvalue weighted by molar-refractivity contribution is 5.92. The van der Waals surface area contributed by atoms with E-state index in [-0.39, 0.29) is 5.91 Å². The molecular formula is C17H27N3O. The minimum absolute atomic E-state index is 0.0594. The number of anilines is 2. The predicted molar refractivity (Wildman–Crippen MR) is 88.8 cm³/mol. The van der Waals surface area contributed by atoms with Crippen molar-refractivity contribution in [2.45, 2.75) is 33.1 Å². The third-order valence-electron chi connectivity index (χ3n) is 4.23. The Kier molecular flexibility index (Phi) is 5.62. The van der Waals surface area contributed by atoms with Gasteiger partial charge in [0.25, 0.3) is 0 Å². The Morgan fingerprint density at radius 3 is 2.86 bits per heavy atom. The Labute approximate surface area is 127 Å². The SMILES string of the molecule is CCC(=O)Nc1cccc(NCC2CCCN(C)C2)c1C. The Bertz CT molecular complexity index is 487. The van der Waals surface area contributed by atoms with Crippen LogP contribution in [0.4, 0.5) is 11.4 Å². The lowest BCUT2D eigenvalue weighted by Crippen LogP contribution is -2.35. The van der Waals surface area contributed by atoms with E-state index in [4.69, 9.17) is 0 Å². The molecule has 1 saturated heterocycles. The number of rotatable bonds is 5. The minimum atomic E-state index is 0.0594. The van der Waals surface area contributed by atoms with Gasteiger partial charge in [0, 0.05) is 30.9 Å². The fourth-order valence-corrected chi connectivity index (χ4v) is 2.90. The van der Waals surface area contributed by atoms with Crippen molar-refractivity contribution in [2.24, 2.45) is 5.92 Å². The van der Waals surface area contributed by atoms with Crippen molar-refractivity contribution in [2.75, 3.05) is 37.3 Å². The maximum Gasteiger partial charge on any atom is 0.224 e. The van der Waals surface area contributed by atoms with Crippen LogP contribution in [0, 0.1) is 12.8 Å². The molecule has 0 aromatic heterocycles. The summed E-state index contributed by atoms with van der Waals surface area (Å²) in [5.41, 5.74) is 3.15. The Hall–Kier alpha value is -1.55. The summed E-state index contributed by atoms with van der Waals surface area (Å²) in [7, 11) is 2.19. The molecule has 1 amide bonds. The maximum absolute atomic E-state index is 11.5. The van der Waals surface area contributed by atoms with Gasteiger partial charge in [-0.15, -0.1) is 0 Å². The van der Waals surface area contributed by atoms with Crippen LogP contribution >= 0.6 is 0 Å². The molecule has 1 aliphatic heterocycles. The maximum atomic E-state index is 11.5. The van der Waals surface area contributed by atoms with Gasteiger partial charge >= 0.3 is 0 Å². The van der Waals surface area contributed by atoms with Crippen LogP contribution in [-0.4, -0.2) is 37.5 Å². The summed E-state index contributed by atoms with van der Waals surface area (Å²) in [6, 6.07) is 6.04. The van der Waals surface area contributed by atoms with Crippen LogP contribution in [0.1, 0.15) is 31.7 Å². The number of piperidine rings is 1. The standard InChI is InChI=1S/C17H27N3O/c1-4-17(21)19-16-9-5-8-15(13(16)2)18-11-14-7-6-10-20(3)12-14/h5,8-9,14,18H,4,6-7,10-12H2,1-3H3,(H,19,21). The second kappa shape index (κ2) is 7.46. The van der Waals surface area contributed by atoms with Crippen LogP contribution in [0.2, 0.25) is 0 Å². The van der Waals surface area contributed by atoms with E-state index < -0.39 is 0 Å². The second-order valence-electron chi connectivity index (χ2n) is 6.03. The van der Waals surface area contributed by atoms with Gasteiger partial charge in [0.05, 0.1) is 0 Å². The van der Waals surface area contributed by atoms with E-state index in [2.05, 4.69) is 35.6 Å². The van der Waals surface area contributed by atoms with Gasteiger partial charge in [-0.3, -0.25) is 4.79 Å². The van der Waals surface area contributed by atoms with Crippen molar-refractivity contribution in [1.82, 2.24) is 4.90 Å². The van der Waals surface area contributed by atoms with Crippen molar-refractivity contribution in [3.63, 3.8) is 0 Å². The van der Waals surface area contributed by atoms with Crippen LogP contribution in [0.3, 0.4) is 0 Å². The average molecular weight is 289 g/mol. The fraction of sp³-hybridized carbons (Fsp3) is 0.588. The highest BCUT2D eigenvalue weighted by Gasteiger charge is 2.17. The molecular weight excluding hydrogens is 262 g/mol. The number of hydrogen-bond donors (Lipinski definition) is 2. The van der Waals surface area contributed by atoms with Crippen LogP contribution in [-0.2, 0) is 4.79 Å². The average Bonchev–Trinajstić information content (AvgIpc) is 2.48. The molecule has 1 atom stereocenters. The lowest BCUT2D eigenvalue weighted by Gasteiger charge is -2.30. The van der Waals surface area contributed by atoms with Gasteiger partial charge in [-0.1, -0.05) is 13.0 Å². The second-order valence-corrected chi connectivity index (χ2v) is 6.03. The summed E-state index contributed by atoms with van der Waals surface area (Å²) in [6.07, 6.45) is 3.09. The summed E-state index contributed by atoms with van der Waals surface area (Å²) in [5, 5.41) is 6.52. The molecule has 1 heterocycles. The summed E-state index contributed by atoms with van der Waals surface area (Å²) >= 11 is 0. The molecule has 1 aromatic carbocycles. The molecule has 1 aromatic rings. The fourth-order valence-electron chi connectivity index (χ4n) is 2.90. The molecule has 0 saturated carbocycles. The van der Waals surface area contributed by atoms with Crippen LogP contribution in [0.25, 0.3) is 0 Å². The van der Waals surface area contributed by atoms with E-state index in [0.717, 1.165) is 30.0 Å². The molecule has 1 fully saturated rings. The molecule has 0 aliphatic carbocycles. The first-order chi connectivity index (χ1) is 10.1. The number of carbonyl (C=O) groups excluding carboxylic acids is 1. The van der Waals surface area contributed by atoms with Crippen molar-refractivity contribution in [3.8, 4) is 0 Å². The largest absolute Gasteiger partial charge is 0.384 e. The molecule has 1 unspecified atom stereocenters. The number of likely N-dealkylation sites (tertiary alicyclic amines) is 1. The number of hydrogen-bond acceptors (Lipinski definition) is 3. The van der Waals surface area contributed by atoms with E-state index in [9.17, 15) is 4.79 Å². The zero-order valence-electron chi connectivity index (χ0n) is 13.4. The van der Waals surface area contributed by atoms with Gasteiger partial charge in [-0.25, -0.2) is 0 Å². The number of carbonyl (C=O) groups is 1. The Morgan fingerprint density at radius 2 is 2.14 bits per heavy atom. The lowest BCUT2D eigenvalue weighted by atomic mass is 9.98. The molecule has 2 N–H and O–H groups in total. The number of amides is 1. The summed E-state index contributed by atoms with van der Waals surface area (Å²) in [6.45, 7) is 7.30. The van der Waals surface area contributed by atoms with Crippen molar-refractivity contribution in [3.05, 3.63) is 23.8 Å². The number of nitrogens with zero attached hydrogens (tertiary/aromatic N) is 1. The van der Waals surface area contributed by atoms with Gasteiger partial charge in [0.15, 0.2) is 0 Å². The molecule has 0 radical (unpaired) electrons. The monoisotopic (exact) mass is 289 g/mol. The molecule has 116 valence electrons. The van der Waals surface area contributed by atoms with E-state index in [1.165, 1.54) is 19.4 Å². The quantitative estimate of drug-likeness (QED) is 0.875. The third-order valence-corrected chi connectivity index (χ3v) is 4.23. The highest BCUT2D eigenvalue weighted by atomic mass is 16.1. The normalized spacial score (nSPS) is 19.3. The topological polar surface area (TPSA) is 44.4 Å². The first-order valence-electron chi connectivity index (χ1n) is 7.92. The summed E-state index contributed by atoms with van der Waals surface area (Å²) in [5.74, 6) is 0.765. The Balaban J connectivity index is 1.96. The van der Waals surface area contributed by atoms with E-state index in [1.54, 1.807) is 0 Å².